The number of amides is 3. The summed E-state index contributed by atoms with van der Waals surface area (Å²) in [6, 6.07) is 6.70. The number of β-amino-alcohol motifs (C(OH)–C–C–N with tert-alkyl or cyclic N) is 1. The Labute approximate surface area is 130 Å². The monoisotopic (exact) mass is 306 g/mol. The minimum atomic E-state index is -1.07. The Kier molecular flexibility index (Phi) is 4.71. The molecule has 1 fully saturated rings. The highest BCUT2D eigenvalue weighted by atomic mass is 16.5. The van der Waals surface area contributed by atoms with E-state index in [1.165, 1.54) is 0 Å². The van der Waals surface area contributed by atoms with E-state index >= 15 is 0 Å². The number of nitrogens with zero attached hydrogens (tertiary/aromatic N) is 1. The van der Waals surface area contributed by atoms with Crippen molar-refractivity contribution in [3.8, 4) is 5.75 Å². The van der Waals surface area contributed by atoms with Gasteiger partial charge in [-0.3, -0.25) is 9.69 Å². The molecule has 1 aliphatic heterocycles. The third-order valence-electron chi connectivity index (χ3n) is 3.75. The molecule has 6 heteroatoms. The van der Waals surface area contributed by atoms with E-state index in [1.807, 2.05) is 20.8 Å². The summed E-state index contributed by atoms with van der Waals surface area (Å²) in [4.78, 5) is 25.7. The van der Waals surface area contributed by atoms with Gasteiger partial charge in [0, 0.05) is 0 Å². The number of hydrogen-bond acceptors (Lipinski definition) is 4. The molecule has 22 heavy (non-hydrogen) atoms. The van der Waals surface area contributed by atoms with Gasteiger partial charge in [-0.2, -0.15) is 0 Å². The molecule has 0 aliphatic carbocycles. The van der Waals surface area contributed by atoms with Crippen LogP contribution in [0.25, 0.3) is 0 Å². The number of aliphatic hydroxyl groups excluding tert-OH is 1. The quantitative estimate of drug-likeness (QED) is 0.783. The summed E-state index contributed by atoms with van der Waals surface area (Å²) in [6.07, 6.45) is 0.503. The van der Waals surface area contributed by atoms with Crippen LogP contribution >= 0.6 is 0 Å². The molecule has 1 aromatic carbocycles. The summed E-state index contributed by atoms with van der Waals surface area (Å²) < 4.78 is 5.59. The lowest BCUT2D eigenvalue weighted by molar-refractivity contribution is -0.132. The first-order valence-electron chi connectivity index (χ1n) is 7.46. The molecule has 0 aromatic heterocycles. The van der Waals surface area contributed by atoms with Crippen LogP contribution < -0.4 is 10.1 Å². The van der Waals surface area contributed by atoms with Crippen LogP contribution in [0.1, 0.15) is 32.8 Å². The van der Waals surface area contributed by atoms with Gasteiger partial charge in [0.1, 0.15) is 11.3 Å². The van der Waals surface area contributed by atoms with Crippen molar-refractivity contribution < 1.29 is 19.4 Å². The molecule has 2 N–H and O–H groups in total. The summed E-state index contributed by atoms with van der Waals surface area (Å²) in [6.45, 7) is 5.48. The Balaban J connectivity index is 2.31. The number of nitrogens with one attached hydrogen (secondary N) is 1. The molecule has 0 radical (unpaired) electrons. The van der Waals surface area contributed by atoms with Crippen LogP contribution in [0.15, 0.2) is 24.3 Å². The van der Waals surface area contributed by atoms with Crippen molar-refractivity contribution in [3.05, 3.63) is 29.8 Å². The van der Waals surface area contributed by atoms with E-state index in [2.05, 4.69) is 5.32 Å². The van der Waals surface area contributed by atoms with Crippen molar-refractivity contribution in [1.29, 1.82) is 0 Å². The summed E-state index contributed by atoms with van der Waals surface area (Å²) in [5, 5.41) is 11.8. The maximum atomic E-state index is 12.6. The fraction of sp³-hybridized carbons (Fsp3) is 0.500. The second-order valence-corrected chi connectivity index (χ2v) is 5.56. The zero-order valence-electron chi connectivity index (χ0n) is 13.1. The van der Waals surface area contributed by atoms with E-state index in [0.717, 1.165) is 4.90 Å². The molecule has 0 saturated carbocycles. The van der Waals surface area contributed by atoms with Crippen molar-refractivity contribution in [3.63, 3.8) is 0 Å². The van der Waals surface area contributed by atoms with Crippen molar-refractivity contribution in [1.82, 2.24) is 10.2 Å². The molecule has 1 atom stereocenters. The zero-order chi connectivity index (χ0) is 16.3. The highest BCUT2D eigenvalue weighted by Crippen LogP contribution is 2.33. The summed E-state index contributed by atoms with van der Waals surface area (Å²) in [7, 11) is 0. The van der Waals surface area contributed by atoms with Gasteiger partial charge in [-0.1, -0.05) is 19.1 Å². The summed E-state index contributed by atoms with van der Waals surface area (Å²) in [5.74, 6) is 0.389. The number of carbonyl (C=O) groups excluding carboxylic acids is 2. The molecule has 6 nitrogen and oxygen atoms in total. The molecule has 1 aromatic rings. The average molecular weight is 306 g/mol. The Morgan fingerprint density at radius 2 is 1.91 bits per heavy atom. The number of hydrogen-bond donors (Lipinski definition) is 2. The lowest BCUT2D eigenvalue weighted by Gasteiger charge is -2.26. The minimum absolute atomic E-state index is 0.000953. The molecule has 0 spiro atoms. The minimum Gasteiger partial charge on any atom is -0.491 e. The zero-order valence-corrected chi connectivity index (χ0v) is 13.1. The number of imide groups is 1. The second kappa shape index (κ2) is 6.36. The summed E-state index contributed by atoms with van der Waals surface area (Å²) in [5.41, 5.74) is -0.354. The SMILES string of the molecule is CCC1(c2ccc(OC(C)C)cc2)NC(=O)N(CCO)C1=O. The van der Waals surface area contributed by atoms with E-state index in [4.69, 9.17) is 9.84 Å². The van der Waals surface area contributed by atoms with Gasteiger partial charge in [0.2, 0.25) is 0 Å². The molecule has 120 valence electrons. The number of benzene rings is 1. The van der Waals surface area contributed by atoms with Gasteiger partial charge in [-0.05, 0) is 38.0 Å². The van der Waals surface area contributed by atoms with Gasteiger partial charge in [0.25, 0.3) is 5.91 Å². The summed E-state index contributed by atoms with van der Waals surface area (Å²) >= 11 is 0. The Bertz CT molecular complexity index is 556. The van der Waals surface area contributed by atoms with Crippen LogP contribution in [0.5, 0.6) is 5.75 Å². The number of rotatable bonds is 6. The molecule has 2 rings (SSSR count). The molecule has 3 amide bonds. The fourth-order valence-corrected chi connectivity index (χ4v) is 2.66. The maximum Gasteiger partial charge on any atom is 0.325 e. The van der Waals surface area contributed by atoms with Crippen LogP contribution in [0.3, 0.4) is 0 Å². The van der Waals surface area contributed by atoms with Crippen molar-refractivity contribution >= 4 is 11.9 Å². The Hall–Kier alpha value is -2.08. The van der Waals surface area contributed by atoms with Crippen LogP contribution in [-0.4, -0.2) is 41.2 Å². The molecule has 1 saturated heterocycles. The maximum absolute atomic E-state index is 12.6. The van der Waals surface area contributed by atoms with Crippen molar-refractivity contribution in [2.75, 3.05) is 13.2 Å². The lowest BCUT2D eigenvalue weighted by Crippen LogP contribution is -2.43. The first-order chi connectivity index (χ1) is 10.4. The normalized spacial score (nSPS) is 21.4. The van der Waals surface area contributed by atoms with E-state index in [-0.39, 0.29) is 25.2 Å². The van der Waals surface area contributed by atoms with E-state index in [0.29, 0.717) is 17.7 Å². The van der Waals surface area contributed by atoms with Gasteiger partial charge < -0.3 is 15.2 Å². The van der Waals surface area contributed by atoms with Gasteiger partial charge in [-0.25, -0.2) is 4.79 Å². The number of aliphatic hydroxyl groups is 1. The molecule has 1 heterocycles. The number of ether oxygens (including phenoxy) is 1. The van der Waals surface area contributed by atoms with Crippen LogP contribution in [0.4, 0.5) is 4.79 Å². The highest BCUT2D eigenvalue weighted by molar-refractivity contribution is 6.07. The lowest BCUT2D eigenvalue weighted by atomic mass is 9.87. The van der Waals surface area contributed by atoms with Crippen molar-refractivity contribution in [2.24, 2.45) is 0 Å². The molecule has 1 unspecified atom stereocenters. The van der Waals surface area contributed by atoms with E-state index < -0.39 is 11.6 Å². The van der Waals surface area contributed by atoms with Crippen LogP contribution in [-0.2, 0) is 10.3 Å². The standard InChI is InChI=1S/C16H22N2O4/c1-4-16(14(20)18(9-10-19)15(21)17-16)12-5-7-13(8-6-12)22-11(2)3/h5-8,11,19H,4,9-10H2,1-3H3,(H,17,21). The first-order valence-corrected chi connectivity index (χ1v) is 7.46. The van der Waals surface area contributed by atoms with Gasteiger partial charge in [0.15, 0.2) is 0 Å². The van der Waals surface area contributed by atoms with Gasteiger partial charge in [0.05, 0.1) is 19.3 Å². The Morgan fingerprint density at radius 3 is 2.41 bits per heavy atom. The molecule has 1 aliphatic rings. The first kappa shape index (κ1) is 16.3. The van der Waals surface area contributed by atoms with E-state index in [9.17, 15) is 9.59 Å². The molecular formula is C16H22N2O4. The fourth-order valence-electron chi connectivity index (χ4n) is 2.66. The number of urea groups is 1. The number of carbonyl (C=O) groups is 2. The topological polar surface area (TPSA) is 78.9 Å². The predicted octanol–water partition coefficient (Wildman–Crippen LogP) is 1.62. The van der Waals surface area contributed by atoms with Crippen molar-refractivity contribution in [2.45, 2.75) is 38.8 Å². The third kappa shape index (κ3) is 2.78. The molecular weight excluding hydrogens is 284 g/mol. The Morgan fingerprint density at radius 1 is 1.27 bits per heavy atom. The van der Waals surface area contributed by atoms with Gasteiger partial charge in [-0.15, -0.1) is 0 Å². The highest BCUT2D eigenvalue weighted by Gasteiger charge is 2.50. The predicted molar refractivity (Wildman–Crippen MR) is 81.5 cm³/mol. The largest absolute Gasteiger partial charge is 0.491 e. The van der Waals surface area contributed by atoms with Crippen LogP contribution in [0.2, 0.25) is 0 Å². The van der Waals surface area contributed by atoms with Crippen LogP contribution in [0, 0.1) is 0 Å². The third-order valence-corrected chi connectivity index (χ3v) is 3.75. The second-order valence-electron chi connectivity index (χ2n) is 5.56. The van der Waals surface area contributed by atoms with E-state index in [1.54, 1.807) is 24.3 Å². The molecule has 0 bridgehead atoms. The average Bonchev–Trinajstić information content (AvgIpc) is 2.73. The smallest absolute Gasteiger partial charge is 0.325 e. The van der Waals surface area contributed by atoms with Gasteiger partial charge >= 0.3 is 6.03 Å².